The van der Waals surface area contributed by atoms with Gasteiger partial charge < -0.3 is 0 Å². The Labute approximate surface area is 113 Å². The van der Waals surface area contributed by atoms with Crippen molar-refractivity contribution in [3.8, 4) is 11.3 Å². The average Bonchev–Trinajstić information content (AvgIpc) is 2.77. The molecular weight excluding hydrogens is 262 g/mol. The summed E-state index contributed by atoms with van der Waals surface area (Å²) in [6.45, 7) is 1.99. The fourth-order valence-corrected chi connectivity index (χ4v) is 2.04. The molecule has 19 heavy (non-hydrogen) atoms. The van der Waals surface area contributed by atoms with Gasteiger partial charge in [0, 0.05) is 12.6 Å². The fraction of sp³-hybridized carbons (Fsp3) is 0.167. The van der Waals surface area contributed by atoms with E-state index in [-0.39, 0.29) is 5.56 Å². The van der Waals surface area contributed by atoms with Gasteiger partial charge in [0.1, 0.15) is 0 Å². The molecule has 0 unspecified atom stereocenters. The number of rotatable bonds is 1. The summed E-state index contributed by atoms with van der Waals surface area (Å²) in [5, 5.41) is 10.9. The second kappa shape index (κ2) is 4.13. The summed E-state index contributed by atoms with van der Waals surface area (Å²) < 4.78 is 3.24. The van der Waals surface area contributed by atoms with Crippen molar-refractivity contribution in [2.75, 3.05) is 0 Å². The third-order valence-corrected chi connectivity index (χ3v) is 3.23. The van der Waals surface area contributed by atoms with Crippen molar-refractivity contribution >= 4 is 18.0 Å². The lowest BCUT2D eigenvalue weighted by Crippen LogP contribution is -2.23. The molecular formula is C12H11N5OS. The summed E-state index contributed by atoms with van der Waals surface area (Å²) in [5.41, 5.74) is 2.04. The maximum absolute atomic E-state index is 12.3. The van der Waals surface area contributed by atoms with Crippen LogP contribution in [0.4, 0.5) is 0 Å². The van der Waals surface area contributed by atoms with Crippen molar-refractivity contribution in [2.45, 2.75) is 6.92 Å². The molecule has 0 atom stereocenters. The van der Waals surface area contributed by atoms with Gasteiger partial charge in [-0.2, -0.15) is 9.61 Å². The highest BCUT2D eigenvalue weighted by Crippen LogP contribution is 2.13. The highest BCUT2D eigenvalue weighted by molar-refractivity contribution is 7.71. The molecule has 0 radical (unpaired) electrons. The number of aromatic nitrogens is 5. The van der Waals surface area contributed by atoms with Crippen LogP contribution in [0.15, 0.2) is 29.1 Å². The molecule has 7 heteroatoms. The van der Waals surface area contributed by atoms with E-state index in [9.17, 15) is 4.79 Å². The molecule has 0 amide bonds. The van der Waals surface area contributed by atoms with Crippen molar-refractivity contribution in [1.82, 2.24) is 24.4 Å². The fourth-order valence-electron chi connectivity index (χ4n) is 1.88. The van der Waals surface area contributed by atoms with E-state index in [1.807, 2.05) is 31.2 Å². The maximum atomic E-state index is 12.3. The number of aryl methyl sites for hydroxylation is 2. The van der Waals surface area contributed by atoms with Crippen LogP contribution < -0.4 is 5.56 Å². The molecule has 0 saturated carbocycles. The molecule has 1 N–H and O–H groups in total. The Morgan fingerprint density at radius 3 is 2.63 bits per heavy atom. The standard InChI is InChI=1S/C12H11N5OS/c1-7-3-5-8(6-4-7)9-10(18)16(2)11-13-14-12(19)17(11)15-9/h3-6H,1-2H3,(H,14,19). The quantitative estimate of drug-likeness (QED) is 0.682. The van der Waals surface area contributed by atoms with Crippen LogP contribution in [0.1, 0.15) is 5.56 Å². The van der Waals surface area contributed by atoms with Crippen molar-refractivity contribution in [1.29, 1.82) is 0 Å². The zero-order valence-corrected chi connectivity index (χ0v) is 11.2. The number of benzene rings is 1. The van der Waals surface area contributed by atoms with Crippen molar-refractivity contribution in [3.63, 3.8) is 0 Å². The molecule has 6 nitrogen and oxygen atoms in total. The molecule has 0 aliphatic carbocycles. The van der Waals surface area contributed by atoms with Crippen LogP contribution in [0.5, 0.6) is 0 Å². The van der Waals surface area contributed by atoms with Crippen molar-refractivity contribution in [2.24, 2.45) is 7.05 Å². The van der Waals surface area contributed by atoms with Crippen LogP contribution in [0.25, 0.3) is 17.0 Å². The molecule has 0 fully saturated rings. The second-order valence-electron chi connectivity index (χ2n) is 4.32. The van der Waals surface area contributed by atoms with E-state index < -0.39 is 0 Å². The first-order chi connectivity index (χ1) is 9.08. The minimum atomic E-state index is -0.203. The van der Waals surface area contributed by atoms with Gasteiger partial charge in [-0.1, -0.05) is 29.8 Å². The molecule has 0 aliphatic heterocycles. The summed E-state index contributed by atoms with van der Waals surface area (Å²) in [5.74, 6) is 0.394. The van der Waals surface area contributed by atoms with E-state index in [2.05, 4.69) is 15.3 Å². The largest absolute Gasteiger partial charge is 0.281 e. The number of hydrogen-bond donors (Lipinski definition) is 1. The number of H-pyrrole nitrogens is 1. The predicted octanol–water partition coefficient (Wildman–Crippen LogP) is 1.46. The van der Waals surface area contributed by atoms with Crippen LogP contribution in [-0.2, 0) is 7.05 Å². The van der Waals surface area contributed by atoms with Gasteiger partial charge in [0.25, 0.3) is 11.3 Å². The SMILES string of the molecule is Cc1ccc(-c2nn3c(=S)[nH]nc3n(C)c2=O)cc1. The first kappa shape index (κ1) is 11.8. The molecule has 0 bridgehead atoms. The van der Waals surface area contributed by atoms with E-state index in [0.29, 0.717) is 16.2 Å². The number of nitrogens with one attached hydrogen (secondary N) is 1. The predicted molar refractivity (Wildman–Crippen MR) is 73.6 cm³/mol. The summed E-state index contributed by atoms with van der Waals surface area (Å²) in [6.07, 6.45) is 0. The van der Waals surface area contributed by atoms with Crippen LogP contribution >= 0.6 is 12.2 Å². The van der Waals surface area contributed by atoms with Crippen LogP contribution in [0.3, 0.4) is 0 Å². The van der Waals surface area contributed by atoms with E-state index in [1.165, 1.54) is 9.08 Å². The molecule has 1 aromatic carbocycles. The topological polar surface area (TPSA) is 68.0 Å². The van der Waals surface area contributed by atoms with Crippen molar-refractivity contribution < 1.29 is 0 Å². The molecule has 2 aromatic heterocycles. The Hall–Kier alpha value is -2.28. The molecule has 3 rings (SSSR count). The number of aromatic amines is 1. The van der Waals surface area contributed by atoms with Gasteiger partial charge in [0.15, 0.2) is 5.69 Å². The number of fused-ring (bicyclic) bond motifs is 1. The van der Waals surface area contributed by atoms with Gasteiger partial charge in [-0.15, -0.1) is 5.10 Å². The van der Waals surface area contributed by atoms with Crippen LogP contribution in [0.2, 0.25) is 0 Å². The average molecular weight is 273 g/mol. The summed E-state index contributed by atoms with van der Waals surface area (Å²) in [4.78, 5) is 12.3. The third-order valence-electron chi connectivity index (χ3n) is 2.97. The van der Waals surface area contributed by atoms with Gasteiger partial charge in [-0.05, 0) is 19.1 Å². The van der Waals surface area contributed by atoms with E-state index in [4.69, 9.17) is 12.2 Å². The maximum Gasteiger partial charge on any atom is 0.281 e. The molecule has 96 valence electrons. The summed E-state index contributed by atoms with van der Waals surface area (Å²) >= 11 is 5.09. The Bertz CT molecular complexity index is 872. The Morgan fingerprint density at radius 2 is 1.95 bits per heavy atom. The molecule has 0 spiro atoms. The Morgan fingerprint density at radius 1 is 1.26 bits per heavy atom. The van der Waals surface area contributed by atoms with E-state index in [0.717, 1.165) is 11.1 Å². The molecule has 2 heterocycles. The van der Waals surface area contributed by atoms with Crippen LogP contribution in [-0.4, -0.2) is 24.4 Å². The van der Waals surface area contributed by atoms with Gasteiger partial charge in [0.2, 0.25) is 4.77 Å². The zero-order valence-electron chi connectivity index (χ0n) is 10.4. The minimum Gasteiger partial charge on any atom is -0.277 e. The normalized spacial score (nSPS) is 11.1. The van der Waals surface area contributed by atoms with Crippen LogP contribution in [0, 0.1) is 11.7 Å². The molecule has 3 aromatic rings. The van der Waals surface area contributed by atoms with E-state index in [1.54, 1.807) is 7.05 Å². The second-order valence-corrected chi connectivity index (χ2v) is 4.71. The number of hydrogen-bond acceptors (Lipinski definition) is 4. The summed E-state index contributed by atoms with van der Waals surface area (Å²) in [6, 6.07) is 7.62. The number of nitrogens with zero attached hydrogens (tertiary/aromatic N) is 4. The zero-order chi connectivity index (χ0) is 13.6. The first-order valence-corrected chi connectivity index (χ1v) is 6.10. The van der Waals surface area contributed by atoms with Crippen molar-refractivity contribution in [3.05, 3.63) is 45.0 Å². The van der Waals surface area contributed by atoms with Gasteiger partial charge in [0.05, 0.1) is 0 Å². The molecule has 0 saturated heterocycles. The molecule has 0 aliphatic rings. The third kappa shape index (κ3) is 1.78. The highest BCUT2D eigenvalue weighted by Gasteiger charge is 2.12. The smallest absolute Gasteiger partial charge is 0.277 e. The highest BCUT2D eigenvalue weighted by atomic mass is 32.1. The summed E-state index contributed by atoms with van der Waals surface area (Å²) in [7, 11) is 1.65. The Kier molecular flexibility index (Phi) is 2.56. The van der Waals surface area contributed by atoms with Gasteiger partial charge in [-0.25, -0.2) is 5.10 Å². The van der Waals surface area contributed by atoms with Gasteiger partial charge in [-0.3, -0.25) is 9.36 Å². The van der Waals surface area contributed by atoms with Gasteiger partial charge >= 0.3 is 0 Å². The lowest BCUT2D eigenvalue weighted by molar-refractivity contribution is 0.778. The Balaban J connectivity index is 2.38. The first-order valence-electron chi connectivity index (χ1n) is 5.69. The lowest BCUT2D eigenvalue weighted by Gasteiger charge is -2.04. The lowest BCUT2D eigenvalue weighted by atomic mass is 10.1. The van der Waals surface area contributed by atoms with E-state index >= 15 is 0 Å². The monoisotopic (exact) mass is 273 g/mol. The minimum absolute atomic E-state index is 0.203.